The monoisotopic (exact) mass is 380 g/mol. The van der Waals surface area contributed by atoms with E-state index in [1.807, 2.05) is 19.1 Å². The number of aromatic amines is 1. The van der Waals surface area contributed by atoms with Gasteiger partial charge in [-0.05, 0) is 61.6 Å². The zero-order chi connectivity index (χ0) is 18.6. The van der Waals surface area contributed by atoms with Gasteiger partial charge in [0.1, 0.15) is 0 Å². The summed E-state index contributed by atoms with van der Waals surface area (Å²) >= 11 is 0. The molecule has 27 heavy (non-hydrogen) atoms. The van der Waals surface area contributed by atoms with Gasteiger partial charge in [-0.1, -0.05) is 29.8 Å². The highest BCUT2D eigenvalue weighted by molar-refractivity contribution is 7.91. The molecule has 4 nitrogen and oxygen atoms in total. The molecule has 0 radical (unpaired) electrons. The van der Waals surface area contributed by atoms with E-state index in [1.165, 1.54) is 22.0 Å². The molecule has 3 aromatic rings. The molecule has 0 bridgehead atoms. The Balaban J connectivity index is 1.42. The lowest BCUT2D eigenvalue weighted by atomic mass is 9.73. The third-order valence-electron chi connectivity index (χ3n) is 6.24. The van der Waals surface area contributed by atoms with Gasteiger partial charge in [-0.2, -0.15) is 0 Å². The van der Waals surface area contributed by atoms with Crippen molar-refractivity contribution in [2.24, 2.45) is 5.92 Å². The van der Waals surface area contributed by atoms with Crippen molar-refractivity contribution in [1.29, 1.82) is 0 Å². The minimum Gasteiger partial charge on any atom is -0.361 e. The Bertz CT molecular complexity index is 1100. The number of piperidine rings is 1. The van der Waals surface area contributed by atoms with Crippen LogP contribution in [0, 0.1) is 12.8 Å². The van der Waals surface area contributed by atoms with Crippen LogP contribution in [-0.2, 0) is 16.3 Å². The fourth-order valence-electron chi connectivity index (χ4n) is 4.90. The fraction of sp³-hybridized carbons (Fsp3) is 0.364. The molecule has 5 heteroatoms. The predicted molar refractivity (Wildman–Crippen MR) is 108 cm³/mol. The molecule has 1 aliphatic carbocycles. The van der Waals surface area contributed by atoms with Gasteiger partial charge in [-0.3, -0.25) is 0 Å². The van der Waals surface area contributed by atoms with E-state index >= 15 is 0 Å². The zero-order valence-electron chi connectivity index (χ0n) is 15.4. The van der Waals surface area contributed by atoms with Crippen LogP contribution >= 0.6 is 0 Å². The Kier molecular flexibility index (Phi) is 3.92. The summed E-state index contributed by atoms with van der Waals surface area (Å²) in [6.45, 7) is 2.74. The van der Waals surface area contributed by atoms with Gasteiger partial charge in [0.15, 0.2) is 9.84 Å². The molecule has 5 rings (SSSR count). The summed E-state index contributed by atoms with van der Waals surface area (Å²) in [6, 6.07) is 14.1. The van der Waals surface area contributed by atoms with Gasteiger partial charge in [0, 0.05) is 29.1 Å². The first kappa shape index (κ1) is 17.0. The van der Waals surface area contributed by atoms with E-state index in [9.17, 15) is 8.42 Å². The van der Waals surface area contributed by atoms with E-state index in [0.29, 0.717) is 16.9 Å². The van der Waals surface area contributed by atoms with Crippen molar-refractivity contribution in [3.8, 4) is 0 Å². The highest BCUT2D eigenvalue weighted by Crippen LogP contribution is 2.42. The molecule has 140 valence electrons. The number of rotatable bonds is 3. The van der Waals surface area contributed by atoms with Gasteiger partial charge in [0.2, 0.25) is 0 Å². The van der Waals surface area contributed by atoms with Crippen LogP contribution in [0.2, 0.25) is 0 Å². The van der Waals surface area contributed by atoms with E-state index in [-0.39, 0.29) is 11.7 Å². The van der Waals surface area contributed by atoms with Crippen molar-refractivity contribution in [3.63, 3.8) is 0 Å². The Labute approximate surface area is 159 Å². The second-order valence-electron chi connectivity index (χ2n) is 8.11. The number of fused-ring (bicyclic) bond motifs is 2. The van der Waals surface area contributed by atoms with Crippen LogP contribution in [0.15, 0.2) is 53.6 Å². The molecule has 1 aromatic heterocycles. The first-order chi connectivity index (χ1) is 13.0. The third kappa shape index (κ3) is 2.89. The van der Waals surface area contributed by atoms with Crippen molar-refractivity contribution in [2.45, 2.75) is 36.6 Å². The number of sulfone groups is 1. The summed E-state index contributed by atoms with van der Waals surface area (Å²) in [4.78, 5) is 3.82. The largest absolute Gasteiger partial charge is 0.361 e. The fourth-order valence-corrected chi connectivity index (χ4v) is 6.51. The molecule has 1 saturated heterocycles. The minimum atomic E-state index is -3.26. The lowest BCUT2D eigenvalue weighted by Crippen LogP contribution is -2.48. The van der Waals surface area contributed by atoms with Gasteiger partial charge in [0.05, 0.1) is 10.6 Å². The van der Waals surface area contributed by atoms with Crippen LogP contribution in [0.4, 0.5) is 0 Å². The van der Waals surface area contributed by atoms with Crippen LogP contribution in [0.5, 0.6) is 0 Å². The third-order valence-corrected chi connectivity index (χ3v) is 8.14. The molecule has 3 atom stereocenters. The van der Waals surface area contributed by atoms with E-state index in [2.05, 4.69) is 34.7 Å². The average molecular weight is 381 g/mol. The molecule has 0 spiro atoms. The quantitative estimate of drug-likeness (QED) is 0.730. The van der Waals surface area contributed by atoms with Crippen molar-refractivity contribution >= 4 is 20.7 Å². The van der Waals surface area contributed by atoms with Gasteiger partial charge >= 0.3 is 0 Å². The highest BCUT2D eigenvalue weighted by atomic mass is 32.2. The van der Waals surface area contributed by atoms with Crippen LogP contribution in [0.3, 0.4) is 0 Å². The molecule has 2 aromatic carbocycles. The summed E-state index contributed by atoms with van der Waals surface area (Å²) in [5, 5.41) is 5.00. The SMILES string of the molecule is Cc1ccc(S(=O)(=O)C[C@H]2CN[C@@H]3Cc4c[nH]c5cccc(c45)C3C2)cc1. The lowest BCUT2D eigenvalue weighted by molar-refractivity contribution is 0.283. The minimum absolute atomic E-state index is 0.133. The summed E-state index contributed by atoms with van der Waals surface area (Å²) in [7, 11) is -3.26. The Morgan fingerprint density at radius 1 is 1.11 bits per heavy atom. The molecule has 0 saturated carbocycles. The van der Waals surface area contributed by atoms with Crippen LogP contribution < -0.4 is 5.32 Å². The molecule has 1 fully saturated rings. The van der Waals surface area contributed by atoms with Crippen LogP contribution in [0.25, 0.3) is 10.9 Å². The van der Waals surface area contributed by atoms with Crippen LogP contribution in [0.1, 0.15) is 29.0 Å². The number of hydrogen-bond acceptors (Lipinski definition) is 3. The van der Waals surface area contributed by atoms with Gasteiger partial charge in [-0.15, -0.1) is 0 Å². The van der Waals surface area contributed by atoms with Crippen LogP contribution in [-0.4, -0.2) is 31.7 Å². The second kappa shape index (κ2) is 6.21. The van der Waals surface area contributed by atoms with Gasteiger partial charge in [-0.25, -0.2) is 8.42 Å². The number of aryl methyl sites for hydroxylation is 1. The predicted octanol–water partition coefficient (Wildman–Crippen LogP) is 3.57. The molecule has 1 aliphatic heterocycles. The van der Waals surface area contributed by atoms with Crippen molar-refractivity contribution in [2.75, 3.05) is 12.3 Å². The molecular weight excluding hydrogens is 356 g/mol. The average Bonchev–Trinajstić information content (AvgIpc) is 3.07. The standard InChI is InChI=1S/C22H24N2O2S/c1-14-5-7-17(8-6-14)27(25,26)13-15-9-19-18-3-2-4-20-22(18)16(12-24-20)10-21(19)23-11-15/h2-8,12,15,19,21,23-24H,9-11,13H2,1H3/t15-,19?,21-/m1/s1. The number of H-pyrrole nitrogens is 1. The smallest absolute Gasteiger partial charge is 0.178 e. The Morgan fingerprint density at radius 2 is 1.93 bits per heavy atom. The summed E-state index contributed by atoms with van der Waals surface area (Å²) < 4.78 is 25.8. The van der Waals surface area contributed by atoms with Crippen molar-refractivity contribution in [3.05, 3.63) is 65.4 Å². The topological polar surface area (TPSA) is 62.0 Å². The molecule has 2 heterocycles. The first-order valence-corrected chi connectivity index (χ1v) is 11.3. The zero-order valence-corrected chi connectivity index (χ0v) is 16.2. The normalized spacial score (nSPS) is 24.7. The molecule has 1 unspecified atom stereocenters. The highest BCUT2D eigenvalue weighted by Gasteiger charge is 2.37. The summed E-state index contributed by atoms with van der Waals surface area (Å²) in [5.41, 5.74) is 5.01. The maximum Gasteiger partial charge on any atom is 0.178 e. The molecule has 0 amide bonds. The van der Waals surface area contributed by atoms with Gasteiger partial charge < -0.3 is 10.3 Å². The maximum absolute atomic E-state index is 12.9. The number of hydrogen-bond donors (Lipinski definition) is 2. The van der Waals surface area contributed by atoms with E-state index in [0.717, 1.165) is 24.9 Å². The van der Waals surface area contributed by atoms with E-state index < -0.39 is 9.84 Å². The summed E-state index contributed by atoms with van der Waals surface area (Å²) in [6.07, 6.45) is 4.06. The van der Waals surface area contributed by atoms with Crippen molar-refractivity contribution in [1.82, 2.24) is 10.3 Å². The molecular formula is C22H24N2O2S. The first-order valence-electron chi connectivity index (χ1n) is 9.63. The summed E-state index contributed by atoms with van der Waals surface area (Å²) in [5.74, 6) is 0.722. The van der Waals surface area contributed by atoms with E-state index in [4.69, 9.17) is 0 Å². The second-order valence-corrected chi connectivity index (χ2v) is 10.1. The van der Waals surface area contributed by atoms with Gasteiger partial charge in [0.25, 0.3) is 0 Å². The lowest BCUT2D eigenvalue weighted by Gasteiger charge is -2.40. The molecule has 2 aliphatic rings. The number of benzene rings is 2. The van der Waals surface area contributed by atoms with E-state index in [1.54, 1.807) is 12.1 Å². The Morgan fingerprint density at radius 3 is 2.74 bits per heavy atom. The number of aromatic nitrogens is 1. The van der Waals surface area contributed by atoms with Crippen molar-refractivity contribution < 1.29 is 8.42 Å². The molecule has 2 N–H and O–H groups in total. The number of nitrogens with one attached hydrogen (secondary N) is 2. The Hall–Kier alpha value is -2.11. The maximum atomic E-state index is 12.9.